The summed E-state index contributed by atoms with van der Waals surface area (Å²) < 4.78 is 5.34. The van der Waals surface area contributed by atoms with Crippen LogP contribution in [0, 0.1) is 0 Å². The molecule has 0 aromatic heterocycles. The second-order valence-electron chi connectivity index (χ2n) is 2.25. The van der Waals surface area contributed by atoms with Gasteiger partial charge in [-0.2, -0.15) is 0 Å². The molecular weight excluding hydrogens is 163 g/mol. The molecule has 1 aliphatic rings. The first-order chi connectivity index (χ1) is 4.97. The molecule has 0 bridgehead atoms. The summed E-state index contributed by atoms with van der Waals surface area (Å²) in [5.41, 5.74) is 1.17. The van der Waals surface area contributed by atoms with Crippen molar-refractivity contribution in [1.82, 2.24) is 0 Å². The number of hydrogen-bond donors (Lipinski definition) is 0. The summed E-state index contributed by atoms with van der Waals surface area (Å²) in [6.07, 6.45) is 4.10. The van der Waals surface area contributed by atoms with Gasteiger partial charge in [0.25, 0.3) is 0 Å². The van der Waals surface area contributed by atoms with Crippen LogP contribution >= 0.6 is 0 Å². The van der Waals surface area contributed by atoms with Crippen molar-refractivity contribution >= 4 is 57.5 Å². The molecule has 1 nitrogen and oxygen atoms in total. The molecule has 0 spiro atoms. The fourth-order valence-corrected chi connectivity index (χ4v) is 1.06. The van der Waals surface area contributed by atoms with E-state index >= 15 is 0 Å². The summed E-state index contributed by atoms with van der Waals surface area (Å²) in [5.74, 6) is 0.991. The summed E-state index contributed by atoms with van der Waals surface area (Å²) in [6.45, 7) is 0.705. The van der Waals surface area contributed by atoms with E-state index < -0.39 is 0 Å². The van der Waals surface area contributed by atoms with Crippen LogP contribution in [0.4, 0.5) is 0 Å². The molecule has 1 aliphatic heterocycles. The first-order valence-electron chi connectivity index (χ1n) is 3.35. The van der Waals surface area contributed by atoms with Crippen LogP contribution in [0.5, 0.6) is 5.75 Å². The monoisotopic (exact) mass is 172 g/mol. The Morgan fingerprint density at radius 3 is 2.82 bits per heavy atom. The number of rotatable bonds is 0. The first kappa shape index (κ1) is 9.48. The van der Waals surface area contributed by atoms with E-state index in [-0.39, 0.29) is 51.4 Å². The van der Waals surface area contributed by atoms with E-state index in [1.54, 1.807) is 0 Å². The predicted octanol–water partition coefficient (Wildman–Crippen LogP) is 1.44. The Morgan fingerprint density at radius 1 is 1.18 bits per heavy atom. The third kappa shape index (κ3) is 2.17. The zero-order valence-corrected chi connectivity index (χ0v) is 5.58. The molecule has 11 heavy (non-hydrogen) atoms. The number of benzene rings is 1. The number of para-hydroxylation sites is 1. The van der Waals surface area contributed by atoms with Gasteiger partial charge in [0.2, 0.25) is 0 Å². The van der Waals surface area contributed by atoms with E-state index in [4.69, 9.17) is 4.74 Å². The molecule has 1 aromatic rings. The van der Waals surface area contributed by atoms with E-state index in [0.29, 0.717) is 6.61 Å². The molecule has 0 saturated heterocycles. The molecule has 2 rings (SSSR count). The Labute approximate surface area is 109 Å². The Balaban J connectivity index is 0.000000605. The Bertz CT molecular complexity index is 268. The van der Waals surface area contributed by atoms with Gasteiger partial charge in [-0.3, -0.25) is 0 Å². The van der Waals surface area contributed by atoms with Gasteiger partial charge < -0.3 is 4.74 Å². The molecule has 0 atom stereocenters. The van der Waals surface area contributed by atoms with Crippen LogP contribution in [0.2, 0.25) is 0 Å². The fraction of sp³-hybridized carbons (Fsp3) is 0.111. The molecule has 0 aliphatic carbocycles. The van der Waals surface area contributed by atoms with E-state index in [1.807, 2.05) is 30.3 Å². The summed E-state index contributed by atoms with van der Waals surface area (Å²) in [5, 5.41) is 0. The van der Waals surface area contributed by atoms with Crippen molar-refractivity contribution < 1.29 is 4.74 Å². The van der Waals surface area contributed by atoms with Crippen molar-refractivity contribution in [3.8, 4) is 5.75 Å². The molecule has 1 aromatic carbocycles. The molecule has 2 heteroatoms. The minimum atomic E-state index is 0. The Kier molecular flexibility index (Phi) is 3.82. The number of fused-ring (bicyclic) bond motifs is 1. The third-order valence-electron chi connectivity index (χ3n) is 1.55. The van der Waals surface area contributed by atoms with Crippen molar-refractivity contribution in [3.63, 3.8) is 0 Å². The van der Waals surface area contributed by atoms with Gasteiger partial charge in [0.15, 0.2) is 0 Å². The van der Waals surface area contributed by atoms with Crippen LogP contribution in [0.25, 0.3) is 6.08 Å². The molecular formula is C9H9KO. The van der Waals surface area contributed by atoms with Crippen LogP contribution in [0.1, 0.15) is 5.56 Å². The zero-order valence-electron chi connectivity index (χ0n) is 5.58. The Hall–Kier alpha value is 0.396. The maximum absolute atomic E-state index is 5.34. The van der Waals surface area contributed by atoms with Crippen molar-refractivity contribution in [1.29, 1.82) is 0 Å². The van der Waals surface area contributed by atoms with Gasteiger partial charge in [0, 0.05) is 5.56 Å². The summed E-state index contributed by atoms with van der Waals surface area (Å²) in [6, 6.07) is 8.03. The fourth-order valence-electron chi connectivity index (χ4n) is 1.06. The van der Waals surface area contributed by atoms with E-state index in [2.05, 4.69) is 6.08 Å². The molecule has 0 radical (unpaired) electrons. The van der Waals surface area contributed by atoms with Gasteiger partial charge in [-0.1, -0.05) is 24.3 Å². The maximum atomic E-state index is 5.34. The standard InChI is InChI=1S/C9H8O.K.H/c1-2-6-9-8(4-1)5-3-7-10-9;;/h1-6H,7H2;;. The SMILES string of the molecule is C1=Cc2ccccc2OC1.[KH]. The molecule has 0 fully saturated rings. The van der Waals surface area contributed by atoms with Crippen LogP contribution in [0.3, 0.4) is 0 Å². The van der Waals surface area contributed by atoms with Gasteiger partial charge >= 0.3 is 51.4 Å². The average Bonchev–Trinajstić information content (AvgIpc) is 2.05. The van der Waals surface area contributed by atoms with Crippen molar-refractivity contribution in [2.45, 2.75) is 0 Å². The molecule has 0 unspecified atom stereocenters. The predicted molar refractivity (Wildman–Crippen MR) is 48.1 cm³/mol. The van der Waals surface area contributed by atoms with Crippen LogP contribution in [-0.4, -0.2) is 58.0 Å². The normalized spacial score (nSPS) is 12.7. The van der Waals surface area contributed by atoms with Gasteiger partial charge in [0.05, 0.1) is 0 Å². The molecule has 1 heterocycles. The number of ether oxygens (including phenoxy) is 1. The summed E-state index contributed by atoms with van der Waals surface area (Å²) in [4.78, 5) is 0. The minimum absolute atomic E-state index is 0. The third-order valence-corrected chi connectivity index (χ3v) is 1.55. The van der Waals surface area contributed by atoms with Crippen molar-refractivity contribution in [2.24, 2.45) is 0 Å². The molecule has 0 N–H and O–H groups in total. The van der Waals surface area contributed by atoms with Crippen LogP contribution in [-0.2, 0) is 0 Å². The summed E-state index contributed by atoms with van der Waals surface area (Å²) >= 11 is 0. The van der Waals surface area contributed by atoms with Crippen LogP contribution in [0.15, 0.2) is 30.3 Å². The number of hydrogen-bond acceptors (Lipinski definition) is 1. The van der Waals surface area contributed by atoms with E-state index in [9.17, 15) is 0 Å². The molecule has 52 valence electrons. The second-order valence-corrected chi connectivity index (χ2v) is 2.25. The first-order valence-corrected chi connectivity index (χ1v) is 3.35. The van der Waals surface area contributed by atoms with Gasteiger partial charge in [0.1, 0.15) is 12.4 Å². The molecule has 0 amide bonds. The zero-order chi connectivity index (χ0) is 6.81. The van der Waals surface area contributed by atoms with E-state index in [1.165, 1.54) is 5.56 Å². The topological polar surface area (TPSA) is 9.23 Å². The second kappa shape index (κ2) is 4.43. The van der Waals surface area contributed by atoms with Crippen LogP contribution < -0.4 is 4.74 Å². The van der Waals surface area contributed by atoms with Crippen molar-refractivity contribution in [3.05, 3.63) is 35.9 Å². The van der Waals surface area contributed by atoms with Gasteiger partial charge in [-0.25, -0.2) is 0 Å². The summed E-state index contributed by atoms with van der Waals surface area (Å²) in [7, 11) is 0. The van der Waals surface area contributed by atoms with Gasteiger partial charge in [-0.15, -0.1) is 0 Å². The average molecular weight is 172 g/mol. The quantitative estimate of drug-likeness (QED) is 0.538. The van der Waals surface area contributed by atoms with E-state index in [0.717, 1.165) is 5.75 Å². The Morgan fingerprint density at radius 2 is 2.00 bits per heavy atom. The van der Waals surface area contributed by atoms with Crippen molar-refractivity contribution in [2.75, 3.05) is 6.61 Å². The molecule has 0 saturated carbocycles. The van der Waals surface area contributed by atoms with Gasteiger partial charge in [-0.05, 0) is 12.1 Å².